The molecule has 0 bridgehead atoms. The van der Waals surface area contributed by atoms with E-state index in [0.29, 0.717) is 0 Å². The summed E-state index contributed by atoms with van der Waals surface area (Å²) in [5, 5.41) is 8.29. The Labute approximate surface area is 88.3 Å². The van der Waals surface area contributed by atoms with Crippen molar-refractivity contribution in [1.82, 2.24) is 0 Å². The number of hydrogen-bond donors (Lipinski definition) is 0. The van der Waals surface area contributed by atoms with Gasteiger partial charge < -0.3 is 0 Å². The molecule has 0 saturated carbocycles. The average molecular weight is 209 g/mol. The predicted molar refractivity (Wildman–Crippen MR) is 54.7 cm³/mol. The van der Waals surface area contributed by atoms with E-state index in [-0.39, 0.29) is 12.0 Å². The molecule has 0 aliphatic rings. The summed E-state index contributed by atoms with van der Waals surface area (Å²) in [4.78, 5) is 0. The van der Waals surface area contributed by atoms with E-state index in [4.69, 9.17) is 5.26 Å². The van der Waals surface area contributed by atoms with Crippen LogP contribution in [0.5, 0.6) is 0 Å². The van der Waals surface area contributed by atoms with Gasteiger partial charge >= 0.3 is 0 Å². The minimum Gasteiger partial charge on any atom is -0.201 e. The molecule has 0 heterocycles. The molecule has 0 aromatic heterocycles. The predicted octanol–water partition coefficient (Wildman–Crippen LogP) is 3.70. The topological polar surface area (TPSA) is 23.8 Å². The molecular weight excluding hydrogens is 196 g/mol. The first kappa shape index (κ1) is 11.6. The molecule has 0 radical (unpaired) electrons. The maximum absolute atomic E-state index is 13.5. The third kappa shape index (κ3) is 2.76. The Morgan fingerprint density at radius 1 is 1.27 bits per heavy atom. The Hall–Kier alpha value is -1.43. The van der Waals surface area contributed by atoms with E-state index in [1.165, 1.54) is 12.1 Å². The summed E-state index contributed by atoms with van der Waals surface area (Å²) in [5.74, 6) is -2.89. The molecule has 0 atom stereocenters. The van der Waals surface area contributed by atoms with Gasteiger partial charge in [-0.25, -0.2) is 8.78 Å². The zero-order chi connectivity index (χ0) is 11.5. The first-order chi connectivity index (χ1) is 6.97. The molecule has 1 aromatic carbocycles. The summed E-state index contributed by atoms with van der Waals surface area (Å²) < 4.78 is 27.0. The molecule has 0 fully saturated rings. The molecule has 80 valence electrons. The Morgan fingerprint density at radius 3 is 2.47 bits per heavy atom. The van der Waals surface area contributed by atoms with Gasteiger partial charge in [-0.15, -0.1) is 0 Å². The van der Waals surface area contributed by atoms with Crippen molar-refractivity contribution in [3.05, 3.63) is 34.9 Å². The summed E-state index contributed by atoms with van der Waals surface area (Å²) in [5.41, 5.74) is 1.85. The number of hydrogen-bond acceptors (Lipinski definition) is 1. The summed E-state index contributed by atoms with van der Waals surface area (Å²) in [6, 6.07) is 6.35. The van der Waals surface area contributed by atoms with Crippen molar-refractivity contribution < 1.29 is 8.78 Å². The third-order valence-electron chi connectivity index (χ3n) is 2.48. The number of nitrogens with zero attached hydrogens (tertiary/aromatic N) is 1. The van der Waals surface area contributed by atoms with Gasteiger partial charge in [-0.1, -0.05) is 12.1 Å². The molecule has 1 rings (SSSR count). The molecule has 1 nitrogen and oxygen atoms in total. The highest BCUT2D eigenvalue weighted by atomic mass is 19.3. The lowest BCUT2D eigenvalue weighted by Gasteiger charge is -2.16. The van der Waals surface area contributed by atoms with Gasteiger partial charge in [-0.2, -0.15) is 5.26 Å². The van der Waals surface area contributed by atoms with Gasteiger partial charge in [-0.3, -0.25) is 0 Å². The highest BCUT2D eigenvalue weighted by Crippen LogP contribution is 2.33. The van der Waals surface area contributed by atoms with E-state index in [1.807, 2.05) is 6.92 Å². The Bertz CT molecular complexity index is 391. The zero-order valence-electron chi connectivity index (χ0n) is 8.85. The van der Waals surface area contributed by atoms with Crippen molar-refractivity contribution in [3.8, 4) is 6.07 Å². The van der Waals surface area contributed by atoms with E-state index >= 15 is 0 Å². The Morgan fingerprint density at radius 2 is 1.93 bits per heavy atom. The molecule has 1 aromatic rings. The molecule has 0 saturated heterocycles. The molecule has 0 aliphatic carbocycles. The van der Waals surface area contributed by atoms with E-state index in [0.717, 1.165) is 11.1 Å². The van der Waals surface area contributed by atoms with Crippen molar-refractivity contribution >= 4 is 0 Å². The van der Waals surface area contributed by atoms with E-state index in [9.17, 15) is 8.78 Å². The minimum atomic E-state index is -2.89. The second-order valence-corrected chi connectivity index (χ2v) is 3.66. The van der Waals surface area contributed by atoms with Crippen LogP contribution in [-0.2, 0) is 5.92 Å². The molecule has 0 unspecified atom stereocenters. The Balaban J connectivity index is 2.95. The van der Waals surface area contributed by atoms with Gasteiger partial charge in [0.15, 0.2) is 0 Å². The fourth-order valence-electron chi connectivity index (χ4n) is 1.33. The second-order valence-electron chi connectivity index (χ2n) is 3.66. The van der Waals surface area contributed by atoms with Crippen LogP contribution in [0.3, 0.4) is 0 Å². The zero-order valence-corrected chi connectivity index (χ0v) is 8.85. The van der Waals surface area contributed by atoms with Gasteiger partial charge in [0.25, 0.3) is 5.92 Å². The molecule has 0 spiro atoms. The molecule has 0 N–H and O–H groups in total. The standard InChI is InChI=1S/C12H13F2N/c1-9-4-5-11(8-10(9)2)12(13,14)6-3-7-15/h4-5,8H,3,6H2,1-2H3. The number of nitriles is 1. The highest BCUT2D eigenvalue weighted by molar-refractivity contribution is 5.32. The highest BCUT2D eigenvalue weighted by Gasteiger charge is 2.30. The van der Waals surface area contributed by atoms with Crippen LogP contribution in [0.4, 0.5) is 8.78 Å². The van der Waals surface area contributed by atoms with Crippen molar-refractivity contribution in [1.29, 1.82) is 5.26 Å². The van der Waals surface area contributed by atoms with E-state index in [1.54, 1.807) is 19.1 Å². The molecular formula is C12H13F2N. The normalized spacial score (nSPS) is 11.1. The molecule has 15 heavy (non-hydrogen) atoms. The van der Waals surface area contributed by atoms with Crippen LogP contribution in [0, 0.1) is 25.2 Å². The number of halogens is 2. The maximum Gasteiger partial charge on any atom is 0.274 e. The molecule has 0 amide bonds. The number of aryl methyl sites for hydroxylation is 2. The second kappa shape index (κ2) is 4.39. The van der Waals surface area contributed by atoms with E-state index < -0.39 is 12.3 Å². The van der Waals surface area contributed by atoms with Crippen LogP contribution in [0.2, 0.25) is 0 Å². The average Bonchev–Trinajstić information content (AvgIpc) is 2.19. The summed E-state index contributed by atoms with van der Waals surface area (Å²) >= 11 is 0. The lowest BCUT2D eigenvalue weighted by molar-refractivity contribution is -0.0120. The fraction of sp³-hybridized carbons (Fsp3) is 0.417. The van der Waals surface area contributed by atoms with Gasteiger partial charge in [0, 0.05) is 18.4 Å². The quantitative estimate of drug-likeness (QED) is 0.744. The van der Waals surface area contributed by atoms with Gasteiger partial charge in [0.2, 0.25) is 0 Å². The Kier molecular flexibility index (Phi) is 3.41. The van der Waals surface area contributed by atoms with Crippen molar-refractivity contribution in [2.45, 2.75) is 32.6 Å². The lowest BCUT2D eigenvalue weighted by Crippen LogP contribution is -2.13. The minimum absolute atomic E-state index is 0.000787. The first-order valence-corrected chi connectivity index (χ1v) is 4.80. The number of benzene rings is 1. The largest absolute Gasteiger partial charge is 0.274 e. The third-order valence-corrected chi connectivity index (χ3v) is 2.48. The van der Waals surface area contributed by atoms with Crippen molar-refractivity contribution in [2.24, 2.45) is 0 Å². The summed E-state index contributed by atoms with van der Waals surface area (Å²) in [7, 11) is 0. The van der Waals surface area contributed by atoms with Crippen LogP contribution < -0.4 is 0 Å². The number of alkyl halides is 2. The smallest absolute Gasteiger partial charge is 0.201 e. The summed E-state index contributed by atoms with van der Waals surface area (Å²) in [6.07, 6.45) is -0.536. The first-order valence-electron chi connectivity index (χ1n) is 4.80. The summed E-state index contributed by atoms with van der Waals surface area (Å²) in [6.45, 7) is 3.69. The van der Waals surface area contributed by atoms with Crippen molar-refractivity contribution in [2.75, 3.05) is 0 Å². The van der Waals surface area contributed by atoms with Gasteiger partial charge in [0.1, 0.15) is 0 Å². The van der Waals surface area contributed by atoms with Crippen LogP contribution in [0.25, 0.3) is 0 Å². The van der Waals surface area contributed by atoms with Crippen LogP contribution >= 0.6 is 0 Å². The van der Waals surface area contributed by atoms with Crippen molar-refractivity contribution in [3.63, 3.8) is 0 Å². The molecule has 3 heteroatoms. The molecule has 0 aliphatic heterocycles. The van der Waals surface area contributed by atoms with E-state index in [2.05, 4.69) is 0 Å². The maximum atomic E-state index is 13.5. The van der Waals surface area contributed by atoms with Gasteiger partial charge in [0.05, 0.1) is 6.07 Å². The van der Waals surface area contributed by atoms with Gasteiger partial charge in [-0.05, 0) is 31.0 Å². The fourth-order valence-corrected chi connectivity index (χ4v) is 1.33. The van der Waals surface area contributed by atoms with Crippen LogP contribution in [0.15, 0.2) is 18.2 Å². The monoisotopic (exact) mass is 209 g/mol. The number of rotatable bonds is 3. The lowest BCUT2D eigenvalue weighted by atomic mass is 9.99. The van der Waals surface area contributed by atoms with Crippen LogP contribution in [-0.4, -0.2) is 0 Å². The SMILES string of the molecule is Cc1ccc(C(F)(F)CCC#N)cc1C. The van der Waals surface area contributed by atoms with Crippen LogP contribution in [0.1, 0.15) is 29.5 Å².